The Balaban J connectivity index is 2.11. The van der Waals surface area contributed by atoms with Gasteiger partial charge in [0.2, 0.25) is 0 Å². The Morgan fingerprint density at radius 1 is 1.33 bits per heavy atom. The van der Waals surface area contributed by atoms with Crippen molar-refractivity contribution in [2.45, 2.75) is 25.8 Å². The number of hydrogen-bond donors (Lipinski definition) is 1. The first-order chi connectivity index (χ1) is 8.79. The highest BCUT2D eigenvalue weighted by atomic mass is 79.9. The summed E-state index contributed by atoms with van der Waals surface area (Å²) in [4.78, 5) is 4.69. The van der Waals surface area contributed by atoms with Crippen molar-refractivity contribution in [1.82, 2.24) is 9.55 Å². The zero-order chi connectivity index (χ0) is 12.5. The van der Waals surface area contributed by atoms with Gasteiger partial charge in [-0.2, -0.15) is 0 Å². The number of aromatic nitrogens is 2. The molecule has 2 aromatic rings. The summed E-state index contributed by atoms with van der Waals surface area (Å²) in [6.45, 7) is 1.08. The van der Waals surface area contributed by atoms with E-state index in [1.165, 1.54) is 24.1 Å². The van der Waals surface area contributed by atoms with Gasteiger partial charge in [-0.15, -0.1) is 0 Å². The number of imidazole rings is 1. The van der Waals surface area contributed by atoms with E-state index in [1.54, 1.807) is 0 Å². The van der Waals surface area contributed by atoms with Crippen LogP contribution in [0.15, 0.2) is 28.9 Å². The van der Waals surface area contributed by atoms with Crippen LogP contribution in [0.5, 0.6) is 0 Å². The minimum atomic E-state index is 1.01. The van der Waals surface area contributed by atoms with Crippen molar-refractivity contribution >= 4 is 21.6 Å². The van der Waals surface area contributed by atoms with E-state index in [4.69, 9.17) is 0 Å². The van der Waals surface area contributed by atoms with Crippen molar-refractivity contribution in [2.24, 2.45) is 0 Å². The molecule has 1 aromatic heterocycles. The maximum absolute atomic E-state index is 4.69. The highest BCUT2D eigenvalue weighted by molar-refractivity contribution is 9.10. The lowest BCUT2D eigenvalue weighted by atomic mass is 10.1. The molecule has 0 unspecified atom stereocenters. The molecule has 3 rings (SSSR count). The first-order valence-electron chi connectivity index (χ1n) is 6.32. The minimum Gasteiger partial charge on any atom is -0.388 e. The third-order valence-electron chi connectivity index (χ3n) is 3.48. The Hall–Kier alpha value is -1.29. The van der Waals surface area contributed by atoms with Gasteiger partial charge >= 0.3 is 0 Å². The first-order valence-corrected chi connectivity index (χ1v) is 7.12. The molecule has 2 heterocycles. The molecule has 0 aliphatic carbocycles. The number of halogens is 1. The van der Waals surface area contributed by atoms with Crippen LogP contribution in [-0.2, 0) is 13.0 Å². The number of nitrogens with one attached hydrogen (secondary N) is 1. The average molecular weight is 306 g/mol. The predicted octanol–water partition coefficient (Wildman–Crippen LogP) is 3.69. The zero-order valence-electron chi connectivity index (χ0n) is 10.4. The quantitative estimate of drug-likeness (QED) is 0.917. The zero-order valence-corrected chi connectivity index (χ0v) is 12.0. The topological polar surface area (TPSA) is 29.9 Å². The highest BCUT2D eigenvalue weighted by Crippen LogP contribution is 2.31. The molecule has 0 saturated heterocycles. The lowest BCUT2D eigenvalue weighted by molar-refractivity contribution is 0.535. The van der Waals surface area contributed by atoms with Crippen LogP contribution in [0.3, 0.4) is 0 Å². The van der Waals surface area contributed by atoms with Crippen molar-refractivity contribution in [3.8, 4) is 11.4 Å². The Morgan fingerprint density at radius 2 is 2.22 bits per heavy atom. The molecule has 4 heteroatoms. The van der Waals surface area contributed by atoms with Crippen LogP contribution in [0.1, 0.15) is 18.5 Å². The Bertz CT molecular complexity index is 574. The van der Waals surface area contributed by atoms with Crippen LogP contribution in [-0.4, -0.2) is 16.6 Å². The molecule has 0 atom stereocenters. The van der Waals surface area contributed by atoms with Crippen molar-refractivity contribution < 1.29 is 0 Å². The molecule has 3 nitrogen and oxygen atoms in total. The molecule has 18 heavy (non-hydrogen) atoms. The fourth-order valence-electron chi connectivity index (χ4n) is 2.53. The largest absolute Gasteiger partial charge is 0.388 e. The van der Waals surface area contributed by atoms with E-state index in [1.807, 2.05) is 7.05 Å². The Kier molecular flexibility index (Phi) is 3.12. The lowest BCUT2D eigenvalue weighted by Crippen LogP contribution is -2.11. The van der Waals surface area contributed by atoms with Crippen molar-refractivity contribution in [3.05, 3.63) is 34.6 Å². The molecule has 0 amide bonds. The smallest absolute Gasteiger partial charge is 0.141 e. The molecule has 0 fully saturated rings. The molecular weight excluding hydrogens is 290 g/mol. The third kappa shape index (κ3) is 1.94. The second kappa shape index (κ2) is 4.76. The molecule has 1 aliphatic heterocycles. The molecule has 1 aliphatic rings. The van der Waals surface area contributed by atoms with Gasteiger partial charge in [0.1, 0.15) is 10.4 Å². The summed E-state index contributed by atoms with van der Waals surface area (Å²) in [5.41, 5.74) is 3.64. The van der Waals surface area contributed by atoms with Gasteiger partial charge in [-0.25, -0.2) is 4.98 Å². The minimum absolute atomic E-state index is 1.01. The Labute approximate surface area is 115 Å². The van der Waals surface area contributed by atoms with Gasteiger partial charge in [-0.3, -0.25) is 0 Å². The molecule has 0 saturated carbocycles. The van der Waals surface area contributed by atoms with Crippen molar-refractivity contribution in [1.29, 1.82) is 0 Å². The molecule has 1 N–H and O–H groups in total. The number of fused-ring (bicyclic) bond motifs is 1. The second-order valence-electron chi connectivity index (χ2n) is 4.61. The molecular formula is C14H16BrN3. The number of benzene rings is 1. The maximum atomic E-state index is 4.69. The average Bonchev–Trinajstić information content (AvgIpc) is 2.77. The number of hydrogen-bond acceptors (Lipinski definition) is 2. The van der Waals surface area contributed by atoms with E-state index < -0.39 is 0 Å². The van der Waals surface area contributed by atoms with Gasteiger partial charge in [-0.1, -0.05) is 12.1 Å². The van der Waals surface area contributed by atoms with Crippen LogP contribution in [0.2, 0.25) is 0 Å². The van der Waals surface area contributed by atoms with E-state index in [0.717, 1.165) is 29.1 Å². The number of rotatable bonds is 2. The van der Waals surface area contributed by atoms with Crippen LogP contribution in [0.4, 0.5) is 5.69 Å². The molecule has 1 aromatic carbocycles. The SMILES string of the molecule is CNc1cccc(-c2nc(Br)c3n2CCCC3)c1. The molecule has 0 bridgehead atoms. The van der Waals surface area contributed by atoms with E-state index in [9.17, 15) is 0 Å². The standard InChI is InChI=1S/C14H16BrN3/c1-16-11-6-4-5-10(9-11)14-17-13(15)12-7-2-3-8-18(12)14/h4-6,9,16H,2-3,7-8H2,1H3. The van der Waals surface area contributed by atoms with Gasteiger partial charge in [0, 0.05) is 24.8 Å². The van der Waals surface area contributed by atoms with E-state index >= 15 is 0 Å². The molecule has 0 spiro atoms. The predicted molar refractivity (Wildman–Crippen MR) is 77.8 cm³/mol. The van der Waals surface area contributed by atoms with Crippen molar-refractivity contribution in [3.63, 3.8) is 0 Å². The summed E-state index contributed by atoms with van der Waals surface area (Å²) in [6, 6.07) is 8.41. The third-order valence-corrected chi connectivity index (χ3v) is 4.11. The first kappa shape index (κ1) is 11.8. The monoisotopic (exact) mass is 305 g/mol. The number of anilines is 1. The normalized spacial score (nSPS) is 14.3. The maximum Gasteiger partial charge on any atom is 0.141 e. The summed E-state index contributed by atoms with van der Waals surface area (Å²) in [7, 11) is 1.94. The summed E-state index contributed by atoms with van der Waals surface area (Å²) in [5.74, 6) is 1.08. The summed E-state index contributed by atoms with van der Waals surface area (Å²) >= 11 is 3.59. The van der Waals surface area contributed by atoms with Gasteiger partial charge < -0.3 is 9.88 Å². The summed E-state index contributed by atoms with van der Waals surface area (Å²) < 4.78 is 3.36. The van der Waals surface area contributed by atoms with E-state index in [0.29, 0.717) is 0 Å². The van der Waals surface area contributed by atoms with E-state index in [2.05, 4.69) is 55.1 Å². The van der Waals surface area contributed by atoms with Crippen LogP contribution < -0.4 is 5.32 Å². The van der Waals surface area contributed by atoms with Gasteiger partial charge in [-0.05, 0) is 47.3 Å². The van der Waals surface area contributed by atoms with E-state index in [-0.39, 0.29) is 0 Å². The summed E-state index contributed by atoms with van der Waals surface area (Å²) in [5, 5.41) is 3.18. The molecule has 94 valence electrons. The highest BCUT2D eigenvalue weighted by Gasteiger charge is 2.19. The second-order valence-corrected chi connectivity index (χ2v) is 5.36. The summed E-state index contributed by atoms with van der Waals surface area (Å²) in [6.07, 6.45) is 3.63. The van der Waals surface area contributed by atoms with Crippen molar-refractivity contribution in [2.75, 3.05) is 12.4 Å². The van der Waals surface area contributed by atoms with Gasteiger partial charge in [0.05, 0.1) is 5.69 Å². The fourth-order valence-corrected chi connectivity index (χ4v) is 3.11. The molecule has 0 radical (unpaired) electrons. The fraction of sp³-hybridized carbons (Fsp3) is 0.357. The van der Waals surface area contributed by atoms with Crippen LogP contribution in [0.25, 0.3) is 11.4 Å². The van der Waals surface area contributed by atoms with Gasteiger partial charge in [0.15, 0.2) is 0 Å². The lowest BCUT2D eigenvalue weighted by Gasteiger charge is -2.17. The van der Waals surface area contributed by atoms with Crippen LogP contribution in [0, 0.1) is 0 Å². The van der Waals surface area contributed by atoms with Crippen LogP contribution >= 0.6 is 15.9 Å². The van der Waals surface area contributed by atoms with Gasteiger partial charge in [0.25, 0.3) is 0 Å². The Morgan fingerprint density at radius 3 is 3.06 bits per heavy atom. The number of nitrogens with zero attached hydrogens (tertiary/aromatic N) is 2.